The van der Waals surface area contributed by atoms with E-state index in [1.54, 1.807) is 4.68 Å². The van der Waals surface area contributed by atoms with Crippen LogP contribution in [0.15, 0.2) is 42.5 Å². The predicted molar refractivity (Wildman–Crippen MR) is 105 cm³/mol. The zero-order chi connectivity index (χ0) is 21.5. The molecule has 3 aromatic rings. The van der Waals surface area contributed by atoms with Crippen molar-refractivity contribution in [2.24, 2.45) is 0 Å². The lowest BCUT2D eigenvalue weighted by Crippen LogP contribution is -2.46. The van der Waals surface area contributed by atoms with Crippen molar-refractivity contribution in [3.05, 3.63) is 71.3 Å². The van der Waals surface area contributed by atoms with Gasteiger partial charge in [-0.3, -0.25) is 9.59 Å². The average molecular weight is 425 g/mol. The minimum absolute atomic E-state index is 0.0344. The second-order valence-electron chi connectivity index (χ2n) is 7.36. The Morgan fingerprint density at radius 3 is 2.84 bits per heavy atom. The highest BCUT2D eigenvalue weighted by Crippen LogP contribution is 2.33. The quantitative estimate of drug-likeness (QED) is 0.671. The molecule has 0 aliphatic carbocycles. The molecule has 0 saturated carbocycles. The molecule has 3 heterocycles. The van der Waals surface area contributed by atoms with E-state index in [9.17, 15) is 18.4 Å². The highest BCUT2D eigenvalue weighted by atomic mass is 19.1. The topological polar surface area (TPSA) is 98.1 Å². The number of carbonyl (C=O) groups is 2. The number of carbonyl (C=O) groups excluding carboxylic acids is 2. The summed E-state index contributed by atoms with van der Waals surface area (Å²) in [6, 6.07) is 10.3. The van der Waals surface area contributed by atoms with Gasteiger partial charge in [0.05, 0.1) is 0 Å². The van der Waals surface area contributed by atoms with Gasteiger partial charge in [-0.05, 0) is 12.0 Å². The lowest BCUT2D eigenvalue weighted by atomic mass is 9.97. The van der Waals surface area contributed by atoms with E-state index in [-0.39, 0.29) is 29.8 Å². The first-order valence-corrected chi connectivity index (χ1v) is 9.73. The van der Waals surface area contributed by atoms with Crippen LogP contribution >= 0.6 is 0 Å². The highest BCUT2D eigenvalue weighted by Gasteiger charge is 2.32. The first kappa shape index (κ1) is 19.2. The van der Waals surface area contributed by atoms with Crippen molar-refractivity contribution < 1.29 is 23.1 Å². The molecule has 1 aromatic heterocycles. The second kappa shape index (κ2) is 7.46. The maximum Gasteiger partial charge on any atom is 0.291 e. The van der Waals surface area contributed by atoms with Crippen molar-refractivity contribution in [3.8, 4) is 5.75 Å². The van der Waals surface area contributed by atoms with Crippen LogP contribution in [-0.2, 0) is 11.3 Å². The molecule has 10 heteroatoms. The molecule has 2 aliphatic heterocycles. The number of amides is 2. The molecule has 2 amide bonds. The first-order chi connectivity index (χ1) is 15.0. The number of hydrogen-bond donors (Lipinski definition) is 2. The number of aryl methyl sites for hydroxylation is 1. The molecular weight excluding hydrogens is 408 g/mol. The molecule has 0 bridgehead atoms. The molecule has 2 aliphatic rings. The van der Waals surface area contributed by atoms with Gasteiger partial charge in [-0.1, -0.05) is 30.3 Å². The van der Waals surface area contributed by atoms with Gasteiger partial charge in [0.15, 0.2) is 5.82 Å². The smallest absolute Gasteiger partial charge is 0.291 e. The molecule has 0 radical (unpaired) electrons. The number of anilines is 1. The number of halogens is 2. The van der Waals surface area contributed by atoms with E-state index < -0.39 is 29.5 Å². The number of ether oxygens (including phenoxy) is 1. The summed E-state index contributed by atoms with van der Waals surface area (Å²) >= 11 is 0. The summed E-state index contributed by atoms with van der Waals surface area (Å²) in [6.45, 7) is 0.329. The van der Waals surface area contributed by atoms with Crippen LogP contribution in [0.3, 0.4) is 0 Å². The first-order valence-electron chi connectivity index (χ1n) is 9.73. The van der Waals surface area contributed by atoms with Gasteiger partial charge in [-0.15, -0.1) is 5.10 Å². The van der Waals surface area contributed by atoms with Gasteiger partial charge in [0, 0.05) is 24.6 Å². The van der Waals surface area contributed by atoms with Crippen molar-refractivity contribution in [2.75, 3.05) is 11.9 Å². The van der Waals surface area contributed by atoms with Crippen LogP contribution in [0, 0.1) is 11.6 Å². The number of aromatic nitrogens is 3. The van der Waals surface area contributed by atoms with Gasteiger partial charge >= 0.3 is 0 Å². The molecule has 31 heavy (non-hydrogen) atoms. The summed E-state index contributed by atoms with van der Waals surface area (Å²) in [6.07, 6.45) is 0.834. The lowest BCUT2D eigenvalue weighted by Gasteiger charge is -2.13. The minimum atomic E-state index is -1.13. The number of fused-ring (bicyclic) bond motifs is 2. The number of hydrogen-bond acceptors (Lipinski definition) is 5. The van der Waals surface area contributed by atoms with Gasteiger partial charge < -0.3 is 15.4 Å². The van der Waals surface area contributed by atoms with Crippen LogP contribution in [0.25, 0.3) is 0 Å². The normalized spacial score (nSPS) is 19.6. The molecule has 2 N–H and O–H groups in total. The Morgan fingerprint density at radius 2 is 2.03 bits per heavy atom. The summed E-state index contributed by atoms with van der Waals surface area (Å²) in [5, 5.41) is 9.09. The SMILES string of the molecule is O=C(N[C@H]1COc2cc(F)cc(F)c2NC1=O)c1nc2n(n1)CC[C@@H]2c1ccccc1. The van der Waals surface area contributed by atoms with Gasteiger partial charge in [-0.25, -0.2) is 18.4 Å². The van der Waals surface area contributed by atoms with Crippen LogP contribution < -0.4 is 15.4 Å². The molecule has 0 spiro atoms. The Balaban J connectivity index is 1.32. The van der Waals surface area contributed by atoms with E-state index in [0.717, 1.165) is 18.1 Å². The molecule has 5 rings (SSSR count). The highest BCUT2D eigenvalue weighted by molar-refractivity contribution is 6.01. The van der Waals surface area contributed by atoms with Crippen molar-refractivity contribution in [1.82, 2.24) is 20.1 Å². The summed E-state index contributed by atoms with van der Waals surface area (Å²) in [7, 11) is 0. The van der Waals surface area contributed by atoms with Gasteiger partial charge in [0.25, 0.3) is 11.8 Å². The Morgan fingerprint density at radius 1 is 1.23 bits per heavy atom. The van der Waals surface area contributed by atoms with Crippen LogP contribution in [-0.4, -0.2) is 39.2 Å². The average Bonchev–Trinajstić information content (AvgIpc) is 3.30. The standard InChI is InChI=1S/C21H17F2N5O3/c22-12-8-14(23)17-16(9-12)31-10-15(20(29)25-17)24-21(30)18-26-19-13(6-7-28(19)27-18)11-4-2-1-3-5-11/h1-5,8-9,13,15H,6-7,10H2,(H,24,30)(H,25,29)/t13-,15+/m1/s1. The van der Waals surface area contributed by atoms with Gasteiger partial charge in [-0.2, -0.15) is 0 Å². The summed E-state index contributed by atoms with van der Waals surface area (Å²) in [5.41, 5.74) is 0.817. The van der Waals surface area contributed by atoms with Crippen molar-refractivity contribution >= 4 is 17.5 Å². The fourth-order valence-electron chi connectivity index (χ4n) is 3.83. The van der Waals surface area contributed by atoms with Gasteiger partial charge in [0.1, 0.15) is 35.7 Å². The summed E-state index contributed by atoms with van der Waals surface area (Å²) in [5.74, 6) is -2.64. The zero-order valence-electron chi connectivity index (χ0n) is 16.1. The molecule has 0 unspecified atom stereocenters. The number of nitrogens with zero attached hydrogens (tertiary/aromatic N) is 3. The van der Waals surface area contributed by atoms with Crippen LogP contribution in [0.2, 0.25) is 0 Å². The molecule has 2 aromatic carbocycles. The second-order valence-corrected chi connectivity index (χ2v) is 7.36. The lowest BCUT2D eigenvalue weighted by molar-refractivity contribution is -0.118. The third-order valence-electron chi connectivity index (χ3n) is 5.34. The maximum atomic E-state index is 14.0. The monoisotopic (exact) mass is 425 g/mol. The Labute approximate surface area is 175 Å². The minimum Gasteiger partial charge on any atom is -0.488 e. The maximum absolute atomic E-state index is 14.0. The van der Waals surface area contributed by atoms with E-state index in [1.807, 2.05) is 30.3 Å². The number of benzene rings is 2. The van der Waals surface area contributed by atoms with E-state index in [0.29, 0.717) is 18.4 Å². The Bertz CT molecular complexity index is 1180. The Hall–Kier alpha value is -3.82. The van der Waals surface area contributed by atoms with Crippen LogP contribution in [0.4, 0.5) is 14.5 Å². The van der Waals surface area contributed by atoms with E-state index in [1.165, 1.54) is 0 Å². The van der Waals surface area contributed by atoms with Crippen molar-refractivity contribution in [2.45, 2.75) is 24.9 Å². The molecular formula is C21H17F2N5O3. The molecule has 2 atom stereocenters. The fourth-order valence-corrected chi connectivity index (χ4v) is 3.83. The van der Waals surface area contributed by atoms with Crippen LogP contribution in [0.5, 0.6) is 5.75 Å². The van der Waals surface area contributed by atoms with E-state index in [4.69, 9.17) is 4.74 Å². The summed E-state index contributed by atoms with van der Waals surface area (Å²) in [4.78, 5) is 29.5. The Kier molecular flexibility index (Phi) is 4.61. The molecule has 8 nitrogen and oxygen atoms in total. The molecule has 0 fully saturated rings. The predicted octanol–water partition coefficient (Wildman–Crippen LogP) is 2.22. The number of nitrogens with one attached hydrogen (secondary N) is 2. The largest absolute Gasteiger partial charge is 0.488 e. The van der Waals surface area contributed by atoms with Crippen LogP contribution in [0.1, 0.15) is 34.3 Å². The third-order valence-corrected chi connectivity index (χ3v) is 5.34. The van der Waals surface area contributed by atoms with E-state index in [2.05, 4.69) is 20.7 Å². The number of rotatable bonds is 3. The van der Waals surface area contributed by atoms with Crippen molar-refractivity contribution in [1.29, 1.82) is 0 Å². The third kappa shape index (κ3) is 3.49. The van der Waals surface area contributed by atoms with Crippen molar-refractivity contribution in [3.63, 3.8) is 0 Å². The van der Waals surface area contributed by atoms with Gasteiger partial charge in [0.2, 0.25) is 5.82 Å². The van der Waals surface area contributed by atoms with E-state index >= 15 is 0 Å². The zero-order valence-corrected chi connectivity index (χ0v) is 16.1. The fraction of sp³-hybridized carbons (Fsp3) is 0.238. The molecule has 0 saturated heterocycles. The summed E-state index contributed by atoms with van der Waals surface area (Å²) < 4.78 is 34.4. The molecule has 158 valence electrons.